The second-order valence-electron chi connectivity index (χ2n) is 7.05. The quantitative estimate of drug-likeness (QED) is 0.466. The van der Waals surface area contributed by atoms with Crippen LogP contribution in [0.15, 0.2) is 41.9 Å². The molecule has 2 heterocycles. The molecule has 1 N–H and O–H groups in total. The number of aliphatic imine (C=N–C) groups is 1. The monoisotopic (exact) mass is 394 g/mol. The normalized spacial score (nSPS) is 22.7. The Morgan fingerprint density at radius 3 is 2.56 bits per heavy atom. The Hall–Kier alpha value is -2.09. The summed E-state index contributed by atoms with van der Waals surface area (Å²) in [6, 6.07) is 6.57. The number of hydrogen-bond acceptors (Lipinski definition) is 4. The zero-order valence-electron chi connectivity index (χ0n) is 15.5. The number of halogens is 1. The molecule has 0 spiro atoms. The molecule has 8 heteroatoms. The first-order valence-electron chi connectivity index (χ1n) is 9.32. The Balaban J connectivity index is 1.59. The molecule has 6 nitrogen and oxygen atoms in total. The number of benzene rings is 1. The summed E-state index contributed by atoms with van der Waals surface area (Å²) in [4.78, 5) is 9.11. The molecule has 2 aliphatic heterocycles. The van der Waals surface area contributed by atoms with E-state index in [1.165, 1.54) is 12.1 Å². The number of sulfone groups is 1. The third-order valence-corrected chi connectivity index (χ3v) is 6.84. The Morgan fingerprint density at radius 2 is 1.96 bits per heavy atom. The van der Waals surface area contributed by atoms with Crippen molar-refractivity contribution in [2.75, 3.05) is 55.7 Å². The fourth-order valence-corrected chi connectivity index (χ4v) is 5.34. The first-order valence-corrected chi connectivity index (χ1v) is 11.1. The lowest BCUT2D eigenvalue weighted by atomic mass is 10.1. The second kappa shape index (κ2) is 8.73. The first kappa shape index (κ1) is 19.7. The fourth-order valence-electron chi connectivity index (χ4n) is 3.49. The van der Waals surface area contributed by atoms with Crippen LogP contribution in [0.1, 0.15) is 6.42 Å². The molecule has 3 rings (SSSR count). The Morgan fingerprint density at radius 1 is 1.26 bits per heavy atom. The number of guanidine groups is 1. The topological polar surface area (TPSA) is 65.0 Å². The molecule has 2 saturated heterocycles. The summed E-state index contributed by atoms with van der Waals surface area (Å²) in [5, 5.41) is 3.29. The summed E-state index contributed by atoms with van der Waals surface area (Å²) in [7, 11) is -2.88. The minimum absolute atomic E-state index is 0.107. The van der Waals surface area contributed by atoms with Gasteiger partial charge in [0.25, 0.3) is 0 Å². The predicted molar refractivity (Wildman–Crippen MR) is 107 cm³/mol. The van der Waals surface area contributed by atoms with E-state index in [9.17, 15) is 12.8 Å². The van der Waals surface area contributed by atoms with Crippen LogP contribution < -0.4 is 10.2 Å². The molecule has 0 amide bonds. The van der Waals surface area contributed by atoms with Crippen LogP contribution in [0.3, 0.4) is 0 Å². The van der Waals surface area contributed by atoms with Gasteiger partial charge in [-0.2, -0.15) is 0 Å². The summed E-state index contributed by atoms with van der Waals surface area (Å²) in [5.74, 6) is 1.20. The Kier molecular flexibility index (Phi) is 6.36. The third kappa shape index (κ3) is 5.45. The molecular formula is C19H27FN4O2S. The van der Waals surface area contributed by atoms with Crippen molar-refractivity contribution < 1.29 is 12.8 Å². The largest absolute Gasteiger partial charge is 0.368 e. The number of nitrogens with zero attached hydrogens (tertiary/aromatic N) is 3. The van der Waals surface area contributed by atoms with Crippen LogP contribution in [-0.2, 0) is 9.84 Å². The predicted octanol–water partition coefficient (Wildman–Crippen LogP) is 1.51. The molecule has 2 fully saturated rings. The van der Waals surface area contributed by atoms with Crippen LogP contribution >= 0.6 is 0 Å². The number of hydrogen-bond donors (Lipinski definition) is 1. The highest BCUT2D eigenvalue weighted by Gasteiger charge is 2.28. The molecule has 0 bridgehead atoms. The van der Waals surface area contributed by atoms with Gasteiger partial charge in [-0.3, -0.25) is 4.99 Å². The maximum Gasteiger partial charge on any atom is 0.194 e. The van der Waals surface area contributed by atoms with Crippen LogP contribution in [-0.4, -0.2) is 70.1 Å². The van der Waals surface area contributed by atoms with Crippen molar-refractivity contribution in [3.05, 3.63) is 42.7 Å². The van der Waals surface area contributed by atoms with Crippen molar-refractivity contribution in [2.24, 2.45) is 10.9 Å². The van der Waals surface area contributed by atoms with Gasteiger partial charge in [-0.1, -0.05) is 6.08 Å². The van der Waals surface area contributed by atoms with Gasteiger partial charge in [0, 0.05) is 45.0 Å². The third-order valence-electron chi connectivity index (χ3n) is 5.00. The molecule has 27 heavy (non-hydrogen) atoms. The molecule has 1 atom stereocenters. The van der Waals surface area contributed by atoms with Crippen molar-refractivity contribution in [1.29, 1.82) is 0 Å². The van der Waals surface area contributed by atoms with Crippen LogP contribution in [0.25, 0.3) is 0 Å². The van der Waals surface area contributed by atoms with Crippen LogP contribution in [0.2, 0.25) is 0 Å². The van der Waals surface area contributed by atoms with Crippen molar-refractivity contribution in [3.8, 4) is 0 Å². The Labute approximate surface area is 160 Å². The van der Waals surface area contributed by atoms with Gasteiger partial charge in [-0.25, -0.2) is 12.8 Å². The molecule has 2 aliphatic rings. The van der Waals surface area contributed by atoms with Crippen molar-refractivity contribution >= 4 is 21.5 Å². The standard InChI is InChI=1S/C19H27FN4O2S/c1-2-8-21-19(22-14-16-7-13-27(25,26)15-16)24-11-9-23(10-12-24)18-5-3-17(20)4-6-18/h2-6,16H,1,7-15H2,(H,21,22). The highest BCUT2D eigenvalue weighted by molar-refractivity contribution is 7.91. The van der Waals surface area contributed by atoms with E-state index >= 15 is 0 Å². The van der Waals surface area contributed by atoms with E-state index in [0.717, 1.165) is 37.8 Å². The van der Waals surface area contributed by atoms with Gasteiger partial charge < -0.3 is 15.1 Å². The van der Waals surface area contributed by atoms with Crippen molar-refractivity contribution in [2.45, 2.75) is 6.42 Å². The highest BCUT2D eigenvalue weighted by Crippen LogP contribution is 2.19. The maximum atomic E-state index is 13.1. The van der Waals surface area contributed by atoms with Crippen LogP contribution in [0.4, 0.5) is 10.1 Å². The smallest absolute Gasteiger partial charge is 0.194 e. The average Bonchev–Trinajstić information content (AvgIpc) is 3.02. The molecule has 0 saturated carbocycles. The molecule has 1 unspecified atom stereocenters. The fraction of sp³-hybridized carbons (Fsp3) is 0.526. The molecule has 1 aromatic carbocycles. The summed E-state index contributed by atoms with van der Waals surface area (Å²) in [6.45, 7) is 8.10. The lowest BCUT2D eigenvalue weighted by Gasteiger charge is -2.37. The van der Waals surface area contributed by atoms with Crippen molar-refractivity contribution in [1.82, 2.24) is 10.2 Å². The Bertz CT molecular complexity index is 771. The molecular weight excluding hydrogens is 367 g/mol. The summed E-state index contributed by atoms with van der Waals surface area (Å²) < 4.78 is 36.4. The van der Waals surface area contributed by atoms with Gasteiger partial charge in [-0.05, 0) is 36.6 Å². The lowest BCUT2D eigenvalue weighted by molar-refractivity contribution is 0.372. The molecule has 0 radical (unpaired) electrons. The molecule has 148 valence electrons. The van der Waals surface area contributed by atoms with E-state index in [2.05, 4.69) is 21.7 Å². The van der Waals surface area contributed by atoms with E-state index in [1.807, 2.05) is 0 Å². The lowest BCUT2D eigenvalue weighted by Crippen LogP contribution is -2.52. The minimum Gasteiger partial charge on any atom is -0.368 e. The van der Waals surface area contributed by atoms with Gasteiger partial charge in [-0.15, -0.1) is 6.58 Å². The number of nitrogens with one attached hydrogen (secondary N) is 1. The summed E-state index contributed by atoms with van der Waals surface area (Å²) >= 11 is 0. The second-order valence-corrected chi connectivity index (χ2v) is 9.28. The van der Waals surface area contributed by atoms with E-state index in [4.69, 9.17) is 4.99 Å². The maximum absolute atomic E-state index is 13.1. The van der Waals surface area contributed by atoms with Gasteiger partial charge >= 0.3 is 0 Å². The van der Waals surface area contributed by atoms with Gasteiger partial charge in [0.05, 0.1) is 11.5 Å². The van der Waals surface area contributed by atoms with E-state index in [1.54, 1.807) is 18.2 Å². The number of piperazine rings is 1. The van der Waals surface area contributed by atoms with E-state index in [-0.39, 0.29) is 23.2 Å². The molecule has 1 aromatic rings. The van der Waals surface area contributed by atoms with E-state index < -0.39 is 9.84 Å². The minimum atomic E-state index is -2.88. The van der Waals surface area contributed by atoms with Gasteiger partial charge in [0.1, 0.15) is 5.82 Å². The summed E-state index contributed by atoms with van der Waals surface area (Å²) in [5.41, 5.74) is 1.02. The SMILES string of the molecule is C=CCNC(=NCC1CCS(=O)(=O)C1)N1CCN(c2ccc(F)cc2)CC1. The first-order chi connectivity index (χ1) is 13.0. The van der Waals surface area contributed by atoms with Crippen molar-refractivity contribution in [3.63, 3.8) is 0 Å². The molecule has 0 aliphatic carbocycles. The zero-order valence-corrected chi connectivity index (χ0v) is 16.3. The number of rotatable bonds is 5. The van der Waals surface area contributed by atoms with E-state index in [0.29, 0.717) is 19.5 Å². The highest BCUT2D eigenvalue weighted by atomic mass is 32.2. The van der Waals surface area contributed by atoms with Gasteiger partial charge in [0.15, 0.2) is 15.8 Å². The zero-order chi connectivity index (χ0) is 19.3. The molecule has 0 aromatic heterocycles. The summed E-state index contributed by atoms with van der Waals surface area (Å²) in [6.07, 6.45) is 2.48. The number of anilines is 1. The van der Waals surface area contributed by atoms with Gasteiger partial charge in [0.2, 0.25) is 0 Å². The van der Waals surface area contributed by atoms with Crippen LogP contribution in [0.5, 0.6) is 0 Å². The van der Waals surface area contributed by atoms with Crippen LogP contribution in [0, 0.1) is 11.7 Å². The average molecular weight is 395 g/mol.